The number of nitrogens with zero attached hydrogens (tertiary/aromatic N) is 1. The molecule has 1 aromatic carbocycles. The third kappa shape index (κ3) is 5.34. The molecule has 0 aliphatic carbocycles. The minimum Gasteiger partial charge on any atom is -0.494 e. The molecule has 2 N–H and O–H groups in total. The average molecular weight is 418 g/mol. The van der Waals surface area contributed by atoms with Crippen molar-refractivity contribution in [2.75, 3.05) is 26.2 Å². The fraction of sp³-hybridized carbons (Fsp3) is 0.611. The second-order valence-electron chi connectivity index (χ2n) is 6.73. The van der Waals surface area contributed by atoms with Gasteiger partial charge < -0.3 is 15.0 Å². The highest BCUT2D eigenvalue weighted by Crippen LogP contribution is 2.28. The topological polar surface area (TPSA) is 87.7 Å². The number of amides is 1. The average Bonchev–Trinajstić information content (AvgIpc) is 2.88. The molecule has 0 saturated carbocycles. The van der Waals surface area contributed by atoms with Crippen LogP contribution in [0.4, 0.5) is 0 Å². The van der Waals surface area contributed by atoms with Crippen LogP contribution in [0.1, 0.15) is 32.6 Å². The summed E-state index contributed by atoms with van der Waals surface area (Å²) in [5.41, 5.74) is 0. The Morgan fingerprint density at radius 3 is 2.63 bits per heavy atom. The number of carbonyl (C=O) groups is 1. The van der Waals surface area contributed by atoms with Crippen LogP contribution in [-0.4, -0.2) is 57.5 Å². The Hall–Kier alpha value is -1.35. The molecule has 1 amide bonds. The van der Waals surface area contributed by atoms with Crippen LogP contribution < -0.4 is 14.8 Å². The van der Waals surface area contributed by atoms with Gasteiger partial charge in [-0.25, -0.2) is 13.1 Å². The summed E-state index contributed by atoms with van der Waals surface area (Å²) in [4.78, 5) is 14.7. The Morgan fingerprint density at radius 2 is 1.93 bits per heavy atom. The zero-order valence-electron chi connectivity index (χ0n) is 15.5. The Morgan fingerprint density at radius 1 is 1.22 bits per heavy atom. The lowest BCUT2D eigenvalue weighted by atomic mass is 10.1. The molecule has 2 bridgehead atoms. The first kappa shape index (κ1) is 21.9. The summed E-state index contributed by atoms with van der Waals surface area (Å²) in [7, 11) is -3.63. The van der Waals surface area contributed by atoms with Crippen LogP contribution >= 0.6 is 12.4 Å². The summed E-state index contributed by atoms with van der Waals surface area (Å²) in [6.45, 7) is 4.28. The molecule has 0 spiro atoms. The van der Waals surface area contributed by atoms with Crippen LogP contribution in [0.3, 0.4) is 0 Å². The smallest absolute Gasteiger partial charge is 0.240 e. The normalized spacial score (nSPS) is 22.0. The van der Waals surface area contributed by atoms with E-state index in [4.69, 9.17) is 4.74 Å². The summed E-state index contributed by atoms with van der Waals surface area (Å²) in [5.74, 6) is 0.669. The molecule has 2 unspecified atom stereocenters. The fourth-order valence-electron chi connectivity index (χ4n) is 3.78. The van der Waals surface area contributed by atoms with Crippen molar-refractivity contribution < 1.29 is 17.9 Å². The van der Waals surface area contributed by atoms with Gasteiger partial charge >= 0.3 is 0 Å². The van der Waals surface area contributed by atoms with E-state index in [0.717, 1.165) is 32.4 Å². The van der Waals surface area contributed by atoms with E-state index in [9.17, 15) is 13.2 Å². The Kier molecular flexibility index (Phi) is 7.91. The van der Waals surface area contributed by atoms with Crippen molar-refractivity contribution in [3.05, 3.63) is 24.3 Å². The number of nitrogens with one attached hydrogen (secondary N) is 2. The van der Waals surface area contributed by atoms with Gasteiger partial charge in [-0.1, -0.05) is 0 Å². The van der Waals surface area contributed by atoms with Crippen molar-refractivity contribution in [1.29, 1.82) is 0 Å². The molecule has 3 rings (SSSR count). The molecule has 1 aromatic rings. The molecule has 27 heavy (non-hydrogen) atoms. The van der Waals surface area contributed by atoms with E-state index in [-0.39, 0.29) is 42.2 Å². The van der Waals surface area contributed by atoms with E-state index in [0.29, 0.717) is 18.4 Å². The highest BCUT2D eigenvalue weighted by atomic mass is 35.5. The summed E-state index contributed by atoms with van der Waals surface area (Å²) in [6, 6.07) is 6.82. The lowest BCUT2D eigenvalue weighted by molar-refractivity contribution is -0.133. The minimum absolute atomic E-state index is 0. The zero-order chi connectivity index (χ0) is 18.6. The number of fused-ring (bicyclic) bond motifs is 2. The van der Waals surface area contributed by atoms with E-state index in [1.54, 1.807) is 12.1 Å². The molecule has 0 radical (unpaired) electrons. The minimum atomic E-state index is -3.63. The Labute approximate surface area is 167 Å². The summed E-state index contributed by atoms with van der Waals surface area (Å²) >= 11 is 0. The number of benzene rings is 1. The predicted octanol–water partition coefficient (Wildman–Crippen LogP) is 1.53. The number of carbonyl (C=O) groups excluding carboxylic acids is 1. The van der Waals surface area contributed by atoms with Gasteiger partial charge in [-0.2, -0.15) is 0 Å². The number of rotatable bonds is 7. The van der Waals surface area contributed by atoms with Crippen LogP contribution in [0.5, 0.6) is 5.75 Å². The van der Waals surface area contributed by atoms with E-state index >= 15 is 0 Å². The van der Waals surface area contributed by atoms with Crippen molar-refractivity contribution in [2.45, 2.75) is 49.6 Å². The maximum absolute atomic E-state index is 12.6. The van der Waals surface area contributed by atoms with Crippen molar-refractivity contribution in [1.82, 2.24) is 14.9 Å². The standard InChI is InChI=1S/C18H27N3O4S.ClH/c1-2-25-16-5-7-17(8-6-16)26(23,24)20-12-10-18(22)21-14-3-4-15(21)13-19-11-9-14;/h5-8,14-15,19-20H,2-4,9-13H2,1H3;1H. The second kappa shape index (κ2) is 9.73. The molecular weight excluding hydrogens is 390 g/mol. The zero-order valence-corrected chi connectivity index (χ0v) is 17.2. The molecule has 152 valence electrons. The van der Waals surface area contributed by atoms with E-state index in [1.165, 1.54) is 12.1 Å². The fourth-order valence-corrected chi connectivity index (χ4v) is 4.81. The van der Waals surface area contributed by atoms with Crippen molar-refractivity contribution in [3.63, 3.8) is 0 Å². The van der Waals surface area contributed by atoms with Gasteiger partial charge in [0.15, 0.2) is 0 Å². The van der Waals surface area contributed by atoms with Gasteiger partial charge in [0, 0.05) is 31.6 Å². The number of hydrogen-bond donors (Lipinski definition) is 2. The number of halogens is 1. The molecule has 0 aromatic heterocycles. The van der Waals surface area contributed by atoms with Crippen LogP contribution in [-0.2, 0) is 14.8 Å². The molecule has 2 atom stereocenters. The molecule has 2 aliphatic heterocycles. The molecule has 9 heteroatoms. The van der Waals surface area contributed by atoms with Crippen molar-refractivity contribution in [2.24, 2.45) is 0 Å². The van der Waals surface area contributed by atoms with Crippen LogP contribution in [0.2, 0.25) is 0 Å². The first-order chi connectivity index (χ1) is 12.5. The first-order valence-electron chi connectivity index (χ1n) is 9.25. The number of hydrogen-bond acceptors (Lipinski definition) is 5. The molecular formula is C18H28ClN3O4S. The lowest BCUT2D eigenvalue weighted by Gasteiger charge is -2.28. The van der Waals surface area contributed by atoms with Crippen molar-refractivity contribution >= 4 is 28.3 Å². The van der Waals surface area contributed by atoms with Gasteiger partial charge in [0.1, 0.15) is 5.75 Å². The summed E-state index contributed by atoms with van der Waals surface area (Å²) in [5, 5.41) is 3.36. The van der Waals surface area contributed by atoms with Crippen LogP contribution in [0, 0.1) is 0 Å². The van der Waals surface area contributed by atoms with Gasteiger partial charge in [0.2, 0.25) is 15.9 Å². The summed E-state index contributed by atoms with van der Waals surface area (Å²) in [6.07, 6.45) is 3.24. The van der Waals surface area contributed by atoms with Gasteiger partial charge in [-0.15, -0.1) is 12.4 Å². The Balaban J connectivity index is 0.00000261. The first-order valence-corrected chi connectivity index (χ1v) is 10.7. The predicted molar refractivity (Wildman–Crippen MR) is 106 cm³/mol. The highest BCUT2D eigenvalue weighted by molar-refractivity contribution is 7.89. The quantitative estimate of drug-likeness (QED) is 0.702. The maximum Gasteiger partial charge on any atom is 0.240 e. The van der Waals surface area contributed by atoms with Crippen LogP contribution in [0.15, 0.2) is 29.2 Å². The van der Waals surface area contributed by atoms with Crippen molar-refractivity contribution in [3.8, 4) is 5.75 Å². The highest BCUT2D eigenvalue weighted by Gasteiger charge is 2.37. The lowest BCUT2D eigenvalue weighted by Crippen LogP contribution is -2.43. The van der Waals surface area contributed by atoms with Gasteiger partial charge in [0.25, 0.3) is 0 Å². The third-order valence-corrected chi connectivity index (χ3v) is 6.50. The molecule has 2 saturated heterocycles. The van der Waals surface area contributed by atoms with Crippen LogP contribution in [0.25, 0.3) is 0 Å². The largest absolute Gasteiger partial charge is 0.494 e. The van der Waals surface area contributed by atoms with Gasteiger partial charge in [-0.05, 0) is 57.0 Å². The summed E-state index contributed by atoms with van der Waals surface area (Å²) < 4.78 is 32.6. The molecule has 2 fully saturated rings. The van der Waals surface area contributed by atoms with Gasteiger partial charge in [0.05, 0.1) is 11.5 Å². The third-order valence-electron chi connectivity index (χ3n) is 5.02. The molecule has 2 heterocycles. The van der Waals surface area contributed by atoms with E-state index < -0.39 is 10.0 Å². The molecule has 2 aliphatic rings. The SMILES string of the molecule is CCOc1ccc(S(=O)(=O)NCCC(=O)N2C3CCNCC2CC3)cc1.Cl. The van der Waals surface area contributed by atoms with E-state index in [1.807, 2.05) is 11.8 Å². The number of ether oxygens (including phenoxy) is 1. The maximum atomic E-state index is 12.6. The molecule has 7 nitrogen and oxygen atoms in total. The second-order valence-corrected chi connectivity index (χ2v) is 8.50. The monoisotopic (exact) mass is 417 g/mol. The van der Waals surface area contributed by atoms with Gasteiger partial charge in [-0.3, -0.25) is 4.79 Å². The Bertz CT molecular complexity index is 713. The van der Waals surface area contributed by atoms with E-state index in [2.05, 4.69) is 10.0 Å². The number of sulfonamides is 1.